The predicted octanol–water partition coefficient (Wildman–Crippen LogP) is 3.34. The minimum absolute atomic E-state index is 0.107. The second-order valence-electron chi connectivity index (χ2n) is 5.67. The van der Waals surface area contributed by atoms with Crippen molar-refractivity contribution in [3.63, 3.8) is 0 Å². The van der Waals surface area contributed by atoms with Gasteiger partial charge in [-0.2, -0.15) is 0 Å². The van der Waals surface area contributed by atoms with Crippen LogP contribution in [0, 0.1) is 0 Å². The predicted molar refractivity (Wildman–Crippen MR) is 75.0 cm³/mol. The summed E-state index contributed by atoms with van der Waals surface area (Å²) in [5.74, 6) is 0. The molecule has 0 aliphatic heterocycles. The molecule has 0 radical (unpaired) electrons. The minimum atomic E-state index is -0.410. The van der Waals surface area contributed by atoms with Crippen molar-refractivity contribution < 1.29 is 5.11 Å². The van der Waals surface area contributed by atoms with Crippen LogP contribution in [0.5, 0.6) is 0 Å². The molecular weight excluding hydrogens is 244 g/mol. The largest absolute Gasteiger partial charge is 0.389 e. The van der Waals surface area contributed by atoms with Gasteiger partial charge in [0.1, 0.15) is 5.01 Å². The van der Waals surface area contributed by atoms with Crippen LogP contribution in [0.15, 0.2) is 23.8 Å². The van der Waals surface area contributed by atoms with Gasteiger partial charge in [-0.1, -0.05) is 20.8 Å². The van der Waals surface area contributed by atoms with Crippen LogP contribution in [0.4, 0.5) is 0 Å². The Balaban J connectivity index is 2.11. The Kier molecular flexibility index (Phi) is 3.59. The molecule has 1 unspecified atom stereocenters. The van der Waals surface area contributed by atoms with Gasteiger partial charge in [0.2, 0.25) is 0 Å². The Bertz CT molecular complexity index is 520. The van der Waals surface area contributed by atoms with E-state index in [1.807, 2.05) is 18.5 Å². The molecule has 0 saturated heterocycles. The van der Waals surface area contributed by atoms with E-state index in [0.717, 1.165) is 22.8 Å². The van der Waals surface area contributed by atoms with Crippen molar-refractivity contribution in [1.82, 2.24) is 9.55 Å². The summed E-state index contributed by atoms with van der Waals surface area (Å²) in [6.45, 7) is 9.07. The van der Waals surface area contributed by atoms with E-state index in [0.29, 0.717) is 0 Å². The average molecular weight is 264 g/mol. The highest BCUT2D eigenvalue weighted by Gasteiger charge is 2.17. The second-order valence-corrected chi connectivity index (χ2v) is 6.61. The van der Waals surface area contributed by atoms with Crippen LogP contribution in [0.3, 0.4) is 0 Å². The first-order valence-corrected chi connectivity index (χ1v) is 7.03. The lowest BCUT2D eigenvalue weighted by Gasteiger charge is -2.14. The van der Waals surface area contributed by atoms with Crippen molar-refractivity contribution in [3.05, 3.63) is 40.1 Å². The summed E-state index contributed by atoms with van der Waals surface area (Å²) in [6.07, 6.45) is 3.55. The number of aliphatic hydroxyl groups excluding tert-OH is 1. The Morgan fingerprint density at radius 1 is 1.44 bits per heavy atom. The number of nitrogens with zero attached hydrogens (tertiary/aromatic N) is 2. The standard InChI is InChI=1S/C14H20N2OS/c1-10(17)11-5-6-16(7-11)8-13-15-12(9-18-13)14(2,3)4/h5-7,9-10,17H,8H2,1-4H3. The normalized spacial score (nSPS) is 13.8. The molecule has 0 aliphatic carbocycles. The number of aliphatic hydroxyl groups is 1. The highest BCUT2D eigenvalue weighted by molar-refractivity contribution is 7.09. The lowest BCUT2D eigenvalue weighted by Crippen LogP contribution is -2.11. The van der Waals surface area contributed by atoms with Crippen molar-refractivity contribution in [2.45, 2.75) is 45.8 Å². The molecule has 0 saturated carbocycles. The Morgan fingerprint density at radius 2 is 2.17 bits per heavy atom. The molecule has 18 heavy (non-hydrogen) atoms. The molecular formula is C14H20N2OS. The topological polar surface area (TPSA) is 38.0 Å². The van der Waals surface area contributed by atoms with Crippen LogP contribution < -0.4 is 0 Å². The molecule has 2 aromatic heterocycles. The van der Waals surface area contributed by atoms with Crippen molar-refractivity contribution in [2.75, 3.05) is 0 Å². The molecule has 4 heteroatoms. The van der Waals surface area contributed by atoms with Gasteiger partial charge in [0.25, 0.3) is 0 Å². The third-order valence-corrected chi connectivity index (χ3v) is 3.73. The first-order chi connectivity index (χ1) is 8.36. The Morgan fingerprint density at radius 3 is 2.67 bits per heavy atom. The summed E-state index contributed by atoms with van der Waals surface area (Å²) in [5, 5.41) is 12.7. The molecule has 0 aromatic carbocycles. The first kappa shape index (κ1) is 13.3. The number of thiazole rings is 1. The van der Waals surface area contributed by atoms with Crippen LogP contribution >= 0.6 is 11.3 Å². The second kappa shape index (κ2) is 4.86. The molecule has 0 spiro atoms. The van der Waals surface area contributed by atoms with E-state index >= 15 is 0 Å². The molecule has 98 valence electrons. The molecule has 2 heterocycles. The molecule has 1 atom stereocenters. The van der Waals surface area contributed by atoms with E-state index in [1.165, 1.54) is 0 Å². The third kappa shape index (κ3) is 3.00. The van der Waals surface area contributed by atoms with Crippen molar-refractivity contribution in [2.24, 2.45) is 0 Å². The smallest absolute Gasteiger partial charge is 0.113 e. The Labute approximate surface area is 112 Å². The quantitative estimate of drug-likeness (QED) is 0.923. The van der Waals surface area contributed by atoms with Gasteiger partial charge in [0.15, 0.2) is 0 Å². The monoisotopic (exact) mass is 264 g/mol. The highest BCUT2D eigenvalue weighted by Crippen LogP contribution is 2.24. The molecule has 0 fully saturated rings. The molecule has 3 nitrogen and oxygen atoms in total. The van der Waals surface area contributed by atoms with Gasteiger partial charge in [-0.05, 0) is 18.6 Å². The van der Waals surface area contributed by atoms with Crippen LogP contribution in [-0.2, 0) is 12.0 Å². The van der Waals surface area contributed by atoms with E-state index < -0.39 is 6.10 Å². The van der Waals surface area contributed by atoms with Gasteiger partial charge < -0.3 is 9.67 Å². The zero-order valence-electron chi connectivity index (χ0n) is 11.3. The fraction of sp³-hybridized carbons (Fsp3) is 0.500. The molecule has 0 aliphatic rings. The number of aromatic nitrogens is 2. The van der Waals surface area contributed by atoms with E-state index in [-0.39, 0.29) is 5.41 Å². The lowest BCUT2D eigenvalue weighted by atomic mass is 9.93. The minimum Gasteiger partial charge on any atom is -0.389 e. The fourth-order valence-corrected chi connectivity index (χ4v) is 2.72. The van der Waals surface area contributed by atoms with Crippen molar-refractivity contribution in [1.29, 1.82) is 0 Å². The first-order valence-electron chi connectivity index (χ1n) is 6.15. The summed E-state index contributed by atoms with van der Waals surface area (Å²) in [6, 6.07) is 1.95. The van der Waals surface area contributed by atoms with Crippen LogP contribution in [-0.4, -0.2) is 14.7 Å². The zero-order valence-corrected chi connectivity index (χ0v) is 12.2. The van der Waals surface area contributed by atoms with E-state index in [4.69, 9.17) is 0 Å². The maximum absolute atomic E-state index is 9.49. The molecule has 1 N–H and O–H groups in total. The van der Waals surface area contributed by atoms with Gasteiger partial charge >= 0.3 is 0 Å². The van der Waals surface area contributed by atoms with Gasteiger partial charge in [-0.3, -0.25) is 0 Å². The van der Waals surface area contributed by atoms with Gasteiger partial charge in [0.05, 0.1) is 18.3 Å². The number of hydrogen-bond donors (Lipinski definition) is 1. The summed E-state index contributed by atoms with van der Waals surface area (Å²) in [4.78, 5) is 4.67. The molecule has 2 rings (SSSR count). The summed E-state index contributed by atoms with van der Waals surface area (Å²) in [5.41, 5.74) is 2.20. The van der Waals surface area contributed by atoms with Crippen LogP contribution in [0.1, 0.15) is 50.1 Å². The summed E-state index contributed by atoms with van der Waals surface area (Å²) >= 11 is 1.69. The molecule has 0 amide bonds. The average Bonchev–Trinajstić information content (AvgIpc) is 2.85. The van der Waals surface area contributed by atoms with Gasteiger partial charge in [0, 0.05) is 23.2 Å². The zero-order chi connectivity index (χ0) is 13.3. The van der Waals surface area contributed by atoms with E-state index in [2.05, 4.69) is 35.7 Å². The van der Waals surface area contributed by atoms with Crippen molar-refractivity contribution >= 4 is 11.3 Å². The highest BCUT2D eigenvalue weighted by atomic mass is 32.1. The maximum atomic E-state index is 9.49. The summed E-state index contributed by atoms with van der Waals surface area (Å²) < 4.78 is 2.06. The lowest BCUT2D eigenvalue weighted by molar-refractivity contribution is 0.199. The van der Waals surface area contributed by atoms with E-state index in [1.54, 1.807) is 18.3 Å². The van der Waals surface area contributed by atoms with Crippen molar-refractivity contribution in [3.8, 4) is 0 Å². The molecule has 0 bridgehead atoms. The maximum Gasteiger partial charge on any atom is 0.113 e. The number of hydrogen-bond acceptors (Lipinski definition) is 3. The number of rotatable bonds is 3. The molecule has 2 aromatic rings. The van der Waals surface area contributed by atoms with Crippen LogP contribution in [0.2, 0.25) is 0 Å². The van der Waals surface area contributed by atoms with E-state index in [9.17, 15) is 5.11 Å². The van der Waals surface area contributed by atoms with Crippen LogP contribution in [0.25, 0.3) is 0 Å². The summed E-state index contributed by atoms with van der Waals surface area (Å²) in [7, 11) is 0. The third-order valence-electron chi connectivity index (χ3n) is 2.89. The SMILES string of the molecule is CC(O)c1ccn(Cc2nc(C(C)(C)C)cs2)c1. The Hall–Kier alpha value is -1.13. The van der Waals surface area contributed by atoms with Gasteiger partial charge in [-0.15, -0.1) is 11.3 Å². The fourth-order valence-electron chi connectivity index (χ4n) is 1.69. The van der Waals surface area contributed by atoms with Gasteiger partial charge in [-0.25, -0.2) is 4.98 Å².